The van der Waals surface area contributed by atoms with E-state index < -0.39 is 39.7 Å². The number of nitrogens with zero attached hydrogens (tertiary/aromatic N) is 3. The van der Waals surface area contributed by atoms with Crippen LogP contribution in [0, 0.1) is 15.9 Å². The lowest BCUT2D eigenvalue weighted by atomic mass is 10.0. The minimum Gasteiger partial charge on any atom is -0.545 e. The van der Waals surface area contributed by atoms with Gasteiger partial charge < -0.3 is 19.5 Å². The lowest BCUT2D eigenvalue weighted by Gasteiger charge is -2.24. The van der Waals surface area contributed by atoms with Crippen LogP contribution in [-0.4, -0.2) is 64.6 Å². The van der Waals surface area contributed by atoms with E-state index in [4.69, 9.17) is 4.74 Å². The lowest BCUT2D eigenvalue weighted by molar-refractivity contribution is -0.534. The number of hydrogen-bond donors (Lipinski definition) is 1. The van der Waals surface area contributed by atoms with Gasteiger partial charge in [-0.05, 0) is 63.3 Å². The Morgan fingerprint density at radius 3 is 2.43 bits per heavy atom. The molecule has 0 atom stereocenters. The van der Waals surface area contributed by atoms with Crippen molar-refractivity contribution < 1.29 is 33.3 Å². The van der Waals surface area contributed by atoms with E-state index in [2.05, 4.69) is 9.89 Å². The molecule has 4 rings (SSSR count). The Bertz CT molecular complexity index is 1300. The average molecular weight is 583 g/mol. The van der Waals surface area contributed by atoms with Gasteiger partial charge in [0, 0.05) is 32.0 Å². The maximum atomic E-state index is 13.5. The molecule has 0 saturated heterocycles. The third kappa shape index (κ3) is 9.67. The van der Waals surface area contributed by atoms with Gasteiger partial charge in [0.15, 0.2) is 0 Å². The molecule has 2 heterocycles. The predicted molar refractivity (Wildman–Crippen MR) is 157 cm³/mol. The molecule has 42 heavy (non-hydrogen) atoms. The smallest absolute Gasteiger partial charge is 0.410 e. The molecule has 10 nitrogen and oxygen atoms in total. The number of amidine groups is 1. The number of nitrogens with one attached hydrogen (secondary N) is 1. The van der Waals surface area contributed by atoms with E-state index in [1.807, 2.05) is 0 Å². The number of nitro groups is 1. The molecular formula is C31H39FN4O6. The van der Waals surface area contributed by atoms with E-state index in [0.717, 1.165) is 5.56 Å². The van der Waals surface area contributed by atoms with Gasteiger partial charge in [0.2, 0.25) is 5.84 Å². The monoisotopic (exact) mass is 582 g/mol. The fourth-order valence-electron chi connectivity index (χ4n) is 4.71. The molecule has 0 radical (unpaired) electrons. The number of nitro benzene ring substituents is 1. The number of aromatic carboxylic acids is 1. The number of carboxylic acids is 1. The summed E-state index contributed by atoms with van der Waals surface area (Å²) in [5, 5.41) is 26.0. The first-order chi connectivity index (χ1) is 19.8. The second-order valence-corrected chi connectivity index (χ2v) is 11.4. The number of ether oxygens (including phenoxy) is 1. The van der Waals surface area contributed by atoms with Crippen molar-refractivity contribution in [1.82, 2.24) is 10.2 Å². The van der Waals surface area contributed by atoms with E-state index in [1.165, 1.54) is 74.6 Å². The number of carboxylic acid groups (broad SMARTS) is 1. The van der Waals surface area contributed by atoms with E-state index in [-0.39, 0.29) is 5.56 Å². The van der Waals surface area contributed by atoms with Crippen molar-refractivity contribution >= 4 is 35.7 Å². The molecule has 0 aromatic heterocycles. The summed E-state index contributed by atoms with van der Waals surface area (Å²) in [4.78, 5) is 35.1. The van der Waals surface area contributed by atoms with Crippen molar-refractivity contribution in [2.24, 2.45) is 0 Å². The summed E-state index contributed by atoms with van der Waals surface area (Å²) in [6.45, 7) is 9.42. The van der Waals surface area contributed by atoms with Crippen LogP contribution in [0.1, 0.15) is 79.9 Å². The summed E-state index contributed by atoms with van der Waals surface area (Å²) in [7, 11) is 1.61. The highest BCUT2D eigenvalue weighted by molar-refractivity contribution is 5.94. The van der Waals surface area contributed by atoms with Crippen LogP contribution in [0.4, 0.5) is 14.9 Å². The summed E-state index contributed by atoms with van der Waals surface area (Å²) in [5.74, 6) is -1.24. The Labute approximate surface area is 245 Å². The number of rotatable bonds is 6. The van der Waals surface area contributed by atoms with Gasteiger partial charge in [0.05, 0.1) is 42.2 Å². The fraction of sp³-hybridized carbons (Fsp3) is 0.452. The Hall–Kier alpha value is -4.28. The molecule has 0 unspecified atom stereocenters. The summed E-state index contributed by atoms with van der Waals surface area (Å²) >= 11 is 0. The second-order valence-electron chi connectivity index (χ2n) is 11.4. The predicted octanol–water partition coefficient (Wildman–Crippen LogP) is 4.60. The molecule has 2 aliphatic rings. The molecule has 2 aromatic carbocycles. The van der Waals surface area contributed by atoms with Crippen molar-refractivity contribution in [1.29, 1.82) is 0 Å². The minimum atomic E-state index is -1.72. The van der Waals surface area contributed by atoms with E-state index >= 15 is 0 Å². The van der Waals surface area contributed by atoms with Gasteiger partial charge in [0.25, 0.3) is 5.69 Å². The quantitative estimate of drug-likeness (QED) is 0.228. The zero-order valence-corrected chi connectivity index (χ0v) is 24.7. The van der Waals surface area contributed by atoms with Crippen molar-refractivity contribution in [3.05, 3.63) is 74.6 Å². The molecule has 2 aliphatic heterocycles. The normalized spacial score (nSPS) is 15.1. The molecule has 11 heteroatoms. The fourth-order valence-corrected chi connectivity index (χ4v) is 4.71. The minimum absolute atomic E-state index is 0.264. The van der Waals surface area contributed by atoms with E-state index in [1.54, 1.807) is 52.1 Å². The molecule has 1 N–H and O–H groups in total. The first kappa shape index (κ1) is 32.2. The largest absolute Gasteiger partial charge is 0.545 e. The van der Waals surface area contributed by atoms with Crippen LogP contribution in [0.25, 0.3) is 12.2 Å². The van der Waals surface area contributed by atoms with Gasteiger partial charge in [-0.15, -0.1) is 0 Å². The maximum Gasteiger partial charge on any atom is 0.410 e. The molecule has 2 aromatic rings. The number of amides is 1. The average Bonchev–Trinajstić information content (AvgIpc) is 3.17. The zero-order valence-electron chi connectivity index (χ0n) is 24.7. The number of benzene rings is 2. The van der Waals surface area contributed by atoms with Crippen molar-refractivity contribution in [3.63, 3.8) is 0 Å². The topological polar surface area (TPSA) is 128 Å². The summed E-state index contributed by atoms with van der Waals surface area (Å²) < 4.78 is 21.4. The van der Waals surface area contributed by atoms with Gasteiger partial charge in [-0.1, -0.05) is 30.3 Å². The third-order valence-electron chi connectivity index (χ3n) is 6.74. The SMILES string of the molecule is C1CCC2=[N+](CC1)CCCN2.CN(Cc1ccc(/C=C/c2c(C(=O)[O-])cc(F)cc2[N+](=O)[O-])cc1)C(=O)OC(C)(C)C. The Morgan fingerprint density at radius 1 is 1.10 bits per heavy atom. The number of hydrogen-bond acceptors (Lipinski definition) is 7. The van der Waals surface area contributed by atoms with Gasteiger partial charge in [-0.3, -0.25) is 20.0 Å². The van der Waals surface area contributed by atoms with Crippen LogP contribution >= 0.6 is 0 Å². The maximum absolute atomic E-state index is 13.5. The molecule has 0 fully saturated rings. The summed E-state index contributed by atoms with van der Waals surface area (Å²) in [6, 6.07) is 8.23. The molecule has 0 aliphatic carbocycles. The number of carbonyl (C=O) groups is 2. The van der Waals surface area contributed by atoms with Crippen LogP contribution in [0.5, 0.6) is 0 Å². The summed E-state index contributed by atoms with van der Waals surface area (Å²) in [5.41, 5.74) is -0.724. The van der Waals surface area contributed by atoms with E-state index in [0.29, 0.717) is 24.2 Å². The second kappa shape index (κ2) is 14.6. The van der Waals surface area contributed by atoms with Crippen molar-refractivity contribution in [2.75, 3.05) is 26.7 Å². The molecule has 0 spiro atoms. The highest BCUT2D eigenvalue weighted by Crippen LogP contribution is 2.26. The van der Waals surface area contributed by atoms with Gasteiger partial charge in [-0.25, -0.2) is 9.18 Å². The highest BCUT2D eigenvalue weighted by atomic mass is 19.1. The van der Waals surface area contributed by atoms with Crippen LogP contribution in [-0.2, 0) is 11.3 Å². The van der Waals surface area contributed by atoms with Crippen LogP contribution in [0.3, 0.4) is 0 Å². The van der Waals surface area contributed by atoms with Gasteiger partial charge in [-0.2, -0.15) is 0 Å². The molecule has 1 amide bonds. The molecule has 226 valence electrons. The first-order valence-corrected chi connectivity index (χ1v) is 14.1. The van der Waals surface area contributed by atoms with Crippen LogP contribution in [0.15, 0.2) is 36.4 Å². The summed E-state index contributed by atoms with van der Waals surface area (Å²) in [6.07, 6.45) is 9.04. The van der Waals surface area contributed by atoms with Gasteiger partial charge >= 0.3 is 6.09 Å². The number of carbonyl (C=O) groups excluding carboxylic acids is 2. The Morgan fingerprint density at radius 2 is 1.79 bits per heavy atom. The highest BCUT2D eigenvalue weighted by Gasteiger charge is 2.21. The van der Waals surface area contributed by atoms with Gasteiger partial charge in [0.1, 0.15) is 11.4 Å². The standard InChI is InChI=1S/C22H23FN2O6.C9H16N2/c1-22(2,3)31-21(28)24(4)13-15-7-5-14(6-8-15)9-10-17-18(20(26)27)11-16(23)12-19(17)25(29)30;1-2-5-9-10-6-4-8-11(9)7-3-1/h5-12H,13H2,1-4H3,(H,26,27);1-8H2/b10-9+;. The zero-order chi connectivity index (χ0) is 30.9. The Balaban J connectivity index is 0.000000363. The number of halogens is 1. The van der Waals surface area contributed by atoms with Crippen molar-refractivity contribution in [2.45, 2.75) is 65.0 Å². The van der Waals surface area contributed by atoms with Crippen molar-refractivity contribution in [3.8, 4) is 0 Å². The molecular weight excluding hydrogens is 543 g/mol. The molecule has 0 saturated carbocycles. The first-order valence-electron chi connectivity index (χ1n) is 14.1. The van der Waals surface area contributed by atoms with E-state index in [9.17, 15) is 29.2 Å². The lowest BCUT2D eigenvalue weighted by Crippen LogP contribution is -2.40. The molecule has 0 bridgehead atoms. The van der Waals surface area contributed by atoms with Crippen LogP contribution in [0.2, 0.25) is 0 Å². The third-order valence-corrected chi connectivity index (χ3v) is 6.74. The Kier molecular flexibility index (Phi) is 11.2. The van der Waals surface area contributed by atoms with Crippen LogP contribution < -0.4 is 10.4 Å².